The molecular weight excluding hydrogens is 493 g/mol. The number of rotatable bonds is 9. The summed E-state index contributed by atoms with van der Waals surface area (Å²) in [4.78, 5) is 46.0. The molecule has 2 aromatic carbocycles. The summed E-state index contributed by atoms with van der Waals surface area (Å²) in [6.07, 6.45) is -0.160. The van der Waals surface area contributed by atoms with Crippen molar-refractivity contribution < 1.29 is 18.7 Å². The Bertz CT molecular complexity index is 1550. The van der Waals surface area contributed by atoms with Gasteiger partial charge in [-0.25, -0.2) is 14.2 Å². The van der Waals surface area contributed by atoms with Crippen molar-refractivity contribution in [2.75, 3.05) is 12.4 Å². The third kappa shape index (κ3) is 6.30. The molecule has 10 nitrogen and oxygen atoms in total. The first kappa shape index (κ1) is 26.3. The van der Waals surface area contributed by atoms with E-state index in [0.29, 0.717) is 11.4 Å². The number of pyridine rings is 1. The van der Waals surface area contributed by atoms with E-state index in [1.165, 1.54) is 29.9 Å². The van der Waals surface area contributed by atoms with Crippen molar-refractivity contribution in [1.82, 2.24) is 19.1 Å². The topological polar surface area (TPSA) is 117 Å². The summed E-state index contributed by atoms with van der Waals surface area (Å²) < 4.78 is 25.8. The molecule has 0 amide bonds. The third-order valence-electron chi connectivity index (χ3n) is 5.71. The highest BCUT2D eigenvalue weighted by molar-refractivity contribution is 5.69. The van der Waals surface area contributed by atoms with Crippen LogP contribution >= 0.6 is 0 Å². The number of nitrogens with one attached hydrogen (secondary N) is 1. The Kier molecular flexibility index (Phi) is 7.95. The van der Waals surface area contributed by atoms with E-state index in [-0.39, 0.29) is 24.8 Å². The molecule has 0 fully saturated rings. The quantitative estimate of drug-likeness (QED) is 0.261. The van der Waals surface area contributed by atoms with E-state index >= 15 is 0 Å². The summed E-state index contributed by atoms with van der Waals surface area (Å²) in [5.41, 5.74) is 0.978. The number of carbonyl (C=O) groups excluding carboxylic acids is 1. The van der Waals surface area contributed by atoms with E-state index < -0.39 is 29.3 Å². The highest BCUT2D eigenvalue weighted by Gasteiger charge is 2.20. The van der Waals surface area contributed by atoms with Gasteiger partial charge in [0, 0.05) is 11.8 Å². The molecule has 2 aromatic heterocycles. The summed E-state index contributed by atoms with van der Waals surface area (Å²) in [5, 5.41) is 3.02. The molecular formula is C27H26FN5O5. The third-order valence-corrected chi connectivity index (χ3v) is 5.71. The molecule has 4 rings (SSSR count). The van der Waals surface area contributed by atoms with Crippen LogP contribution < -0.4 is 21.4 Å². The van der Waals surface area contributed by atoms with Crippen molar-refractivity contribution in [2.45, 2.75) is 32.9 Å². The van der Waals surface area contributed by atoms with Gasteiger partial charge in [-0.3, -0.25) is 9.36 Å². The predicted octanol–water partition coefficient (Wildman–Crippen LogP) is 3.96. The first-order valence-corrected chi connectivity index (χ1v) is 11.8. The number of methoxy groups -OCH3 is 1. The molecule has 0 radical (unpaired) electrons. The number of anilines is 2. The number of halogens is 1. The number of carbonyl (C=O) groups is 1. The fourth-order valence-electron chi connectivity index (χ4n) is 3.72. The molecule has 0 bridgehead atoms. The number of hydrogen-bond acceptors (Lipinski definition) is 8. The summed E-state index contributed by atoms with van der Waals surface area (Å²) >= 11 is 0. The van der Waals surface area contributed by atoms with Crippen molar-refractivity contribution in [1.29, 1.82) is 0 Å². The van der Waals surface area contributed by atoms with Gasteiger partial charge < -0.3 is 14.8 Å². The highest BCUT2D eigenvalue weighted by Crippen LogP contribution is 2.23. The maximum absolute atomic E-state index is 13.5. The molecule has 0 saturated heterocycles. The molecule has 1 atom stereocenters. The van der Waals surface area contributed by atoms with Crippen LogP contribution in [0, 0.1) is 12.9 Å². The Hall–Kier alpha value is -4.80. The fourth-order valence-corrected chi connectivity index (χ4v) is 3.72. The van der Waals surface area contributed by atoms with Crippen molar-refractivity contribution in [3.05, 3.63) is 105 Å². The fraction of sp³-hybridized carbons (Fsp3) is 0.222. The first-order chi connectivity index (χ1) is 18.2. The van der Waals surface area contributed by atoms with Gasteiger partial charge >= 0.3 is 17.3 Å². The minimum atomic E-state index is -0.800. The van der Waals surface area contributed by atoms with Crippen LogP contribution in [-0.4, -0.2) is 32.2 Å². The smallest absolute Gasteiger partial charge is 0.355 e. The summed E-state index contributed by atoms with van der Waals surface area (Å²) in [6.45, 7) is 3.67. The van der Waals surface area contributed by atoms with E-state index in [1.54, 1.807) is 31.2 Å². The minimum absolute atomic E-state index is 0.0301. The maximum Gasteiger partial charge on any atom is 0.355 e. The average molecular weight is 520 g/mol. The van der Waals surface area contributed by atoms with Crippen molar-refractivity contribution in [3.8, 4) is 11.6 Å². The van der Waals surface area contributed by atoms with Gasteiger partial charge in [0.1, 0.15) is 5.75 Å². The van der Waals surface area contributed by atoms with Crippen LogP contribution in [0.25, 0.3) is 0 Å². The summed E-state index contributed by atoms with van der Waals surface area (Å²) in [7, 11) is 1.24. The van der Waals surface area contributed by atoms with Gasteiger partial charge in [-0.05, 0) is 49.7 Å². The van der Waals surface area contributed by atoms with Gasteiger partial charge in [0.05, 0.1) is 26.1 Å². The molecule has 4 aromatic rings. The van der Waals surface area contributed by atoms with Gasteiger partial charge in [-0.1, -0.05) is 35.9 Å². The van der Waals surface area contributed by atoms with Gasteiger partial charge in [0.25, 0.3) is 0 Å². The van der Waals surface area contributed by atoms with Gasteiger partial charge in [-0.2, -0.15) is 14.4 Å². The standard InChI is InChI=1S/C27H26FN5O5/c1-17-7-9-19(10-8-17)16-32-25(31-26(35)33(27(32)36)18(2)15-24(34)37-3)29-20-11-13-21(14-12-20)38-23-6-4-5-22(28)30-23/h4-14,18H,15-16H2,1-3H3,(H,29,31,35)/t18-/m1/s1. The number of nitrogens with zero attached hydrogens (tertiary/aromatic N) is 4. The predicted molar refractivity (Wildman–Crippen MR) is 138 cm³/mol. The van der Waals surface area contributed by atoms with E-state index in [1.807, 2.05) is 31.2 Å². The van der Waals surface area contributed by atoms with Crippen LogP contribution in [0.15, 0.2) is 76.3 Å². The second-order valence-corrected chi connectivity index (χ2v) is 8.62. The van der Waals surface area contributed by atoms with Crippen LogP contribution in [-0.2, 0) is 16.1 Å². The second-order valence-electron chi connectivity index (χ2n) is 8.62. The number of hydrogen-bond donors (Lipinski definition) is 1. The molecule has 0 aliphatic rings. The largest absolute Gasteiger partial charge is 0.469 e. The normalized spacial score (nSPS) is 11.6. The van der Waals surface area contributed by atoms with Gasteiger partial charge in [0.15, 0.2) is 0 Å². The molecule has 196 valence electrons. The number of esters is 1. The lowest BCUT2D eigenvalue weighted by Gasteiger charge is -2.18. The Balaban J connectivity index is 1.66. The number of aryl methyl sites for hydroxylation is 1. The Morgan fingerprint density at radius 1 is 1.03 bits per heavy atom. The SMILES string of the molecule is COC(=O)C[C@@H](C)n1c(=O)nc(Nc2ccc(Oc3cccc(F)n3)cc2)n(Cc2ccc(C)cc2)c1=O. The van der Waals surface area contributed by atoms with E-state index in [2.05, 4.69) is 20.0 Å². The van der Waals surface area contributed by atoms with Crippen LogP contribution in [0.1, 0.15) is 30.5 Å². The molecule has 0 aliphatic heterocycles. The first-order valence-electron chi connectivity index (χ1n) is 11.8. The Morgan fingerprint density at radius 3 is 2.39 bits per heavy atom. The summed E-state index contributed by atoms with van der Waals surface area (Å²) in [6, 6.07) is 17.6. The van der Waals surface area contributed by atoms with Crippen molar-refractivity contribution in [3.63, 3.8) is 0 Å². The zero-order chi connectivity index (χ0) is 27.2. The lowest BCUT2D eigenvalue weighted by Crippen LogP contribution is -2.44. The molecule has 0 saturated carbocycles. The van der Waals surface area contributed by atoms with Gasteiger partial charge in [-0.15, -0.1) is 0 Å². The Morgan fingerprint density at radius 2 is 1.74 bits per heavy atom. The minimum Gasteiger partial charge on any atom is -0.469 e. The molecule has 2 heterocycles. The molecule has 1 N–H and O–H groups in total. The van der Waals surface area contributed by atoms with Crippen LogP contribution in [0.5, 0.6) is 11.6 Å². The van der Waals surface area contributed by atoms with Crippen molar-refractivity contribution in [2.24, 2.45) is 0 Å². The van der Waals surface area contributed by atoms with Gasteiger partial charge in [0.2, 0.25) is 17.8 Å². The maximum atomic E-state index is 13.5. The van der Waals surface area contributed by atoms with Crippen LogP contribution in [0.4, 0.5) is 16.0 Å². The zero-order valence-electron chi connectivity index (χ0n) is 21.1. The average Bonchev–Trinajstić information content (AvgIpc) is 2.88. The van der Waals surface area contributed by atoms with Crippen LogP contribution in [0.2, 0.25) is 0 Å². The number of ether oxygens (including phenoxy) is 2. The zero-order valence-corrected chi connectivity index (χ0v) is 21.1. The highest BCUT2D eigenvalue weighted by atomic mass is 19.1. The van der Waals surface area contributed by atoms with E-state index in [4.69, 9.17) is 4.74 Å². The number of aromatic nitrogens is 4. The van der Waals surface area contributed by atoms with E-state index in [0.717, 1.165) is 15.7 Å². The lowest BCUT2D eigenvalue weighted by atomic mass is 10.1. The molecule has 11 heteroatoms. The number of benzene rings is 2. The molecule has 0 unspecified atom stereocenters. The van der Waals surface area contributed by atoms with E-state index in [9.17, 15) is 18.8 Å². The summed E-state index contributed by atoms with van der Waals surface area (Å²) in [5.74, 6) is -0.668. The monoisotopic (exact) mass is 519 g/mol. The molecule has 38 heavy (non-hydrogen) atoms. The van der Waals surface area contributed by atoms with Crippen LogP contribution in [0.3, 0.4) is 0 Å². The lowest BCUT2D eigenvalue weighted by molar-refractivity contribution is -0.141. The second kappa shape index (κ2) is 11.5. The molecule has 0 aliphatic carbocycles. The molecule has 0 spiro atoms. The Labute approximate surface area is 217 Å². The van der Waals surface area contributed by atoms with Crippen molar-refractivity contribution >= 4 is 17.6 Å².